The zero-order valence-electron chi connectivity index (χ0n) is 26.4. The van der Waals surface area contributed by atoms with E-state index < -0.39 is 11.4 Å². The first kappa shape index (κ1) is 40.3. The van der Waals surface area contributed by atoms with E-state index in [4.69, 9.17) is 4.74 Å². The van der Waals surface area contributed by atoms with Gasteiger partial charge in [-0.3, -0.25) is 0 Å². The summed E-state index contributed by atoms with van der Waals surface area (Å²) < 4.78 is 9.92. The molecule has 0 heterocycles. The fourth-order valence-electron chi connectivity index (χ4n) is 5.96. The Kier molecular flexibility index (Phi) is 14.1. The number of hydrogen-bond acceptors (Lipinski definition) is 6. The van der Waals surface area contributed by atoms with Gasteiger partial charge in [-0.25, -0.2) is 4.79 Å². The number of ether oxygens (including phenoxy) is 1. The molecule has 5 aromatic carbocycles. The van der Waals surface area contributed by atoms with Gasteiger partial charge >= 0.3 is 5.97 Å². The van der Waals surface area contributed by atoms with Crippen LogP contribution in [0.1, 0.15) is 56.6 Å². The highest BCUT2D eigenvalue weighted by Gasteiger charge is 2.36. The minimum absolute atomic E-state index is 0.0924. The molecule has 0 bridgehead atoms. The van der Waals surface area contributed by atoms with Gasteiger partial charge in [0.2, 0.25) is 0 Å². The number of rotatable bonds is 11. The third-order valence-corrected chi connectivity index (χ3v) is 13.6. The second-order valence-corrected chi connectivity index (χ2v) is 18.9. The first-order chi connectivity index (χ1) is 23.7. The van der Waals surface area contributed by atoms with Crippen molar-refractivity contribution in [1.82, 2.24) is 0 Å². The predicted octanol–water partition coefficient (Wildman–Crippen LogP) is 11.4. The van der Waals surface area contributed by atoms with Crippen LogP contribution in [0.5, 0.6) is 23.0 Å². The normalized spacial score (nSPS) is 12.5. The Morgan fingerprint density at radius 2 is 1.02 bits per heavy atom. The number of phenolic OH excluding ortho intramolecular Hbond substituents is 4. The Labute approximate surface area is 373 Å². The molecule has 0 saturated carbocycles. The van der Waals surface area contributed by atoms with Crippen molar-refractivity contribution in [2.24, 2.45) is 0 Å². The fraction of sp³-hybridized carbons (Fsp3) is 0.184. The van der Waals surface area contributed by atoms with Crippen LogP contribution in [-0.2, 0) is 29.6 Å². The highest BCUT2D eigenvalue weighted by molar-refractivity contribution is 14.1. The van der Waals surface area contributed by atoms with E-state index in [1.54, 1.807) is 6.07 Å². The van der Waals surface area contributed by atoms with E-state index in [0.29, 0.717) is 29.3 Å². The number of esters is 1. The van der Waals surface area contributed by atoms with Crippen LogP contribution in [0.3, 0.4) is 0 Å². The Balaban J connectivity index is 1.61. The predicted molar refractivity (Wildman–Crippen MR) is 246 cm³/mol. The summed E-state index contributed by atoms with van der Waals surface area (Å²) in [7, 11) is 0. The summed E-state index contributed by atoms with van der Waals surface area (Å²) in [4.78, 5) is 13.3. The lowest BCUT2D eigenvalue weighted by Crippen LogP contribution is -2.30. The number of hydrogen-bond donors (Lipinski definition) is 4. The molecular formula is C38H30I6O6. The molecular weight excluding hydrogens is 1310 g/mol. The molecule has 6 nitrogen and oxygen atoms in total. The first-order valence-electron chi connectivity index (χ1n) is 15.3. The van der Waals surface area contributed by atoms with E-state index in [1.807, 2.05) is 79.7 Å². The minimum Gasteiger partial charge on any atom is -0.507 e. The Hall–Kier alpha value is -0.850. The van der Waals surface area contributed by atoms with Gasteiger partial charge in [-0.1, -0.05) is 36.4 Å². The molecule has 5 aromatic rings. The summed E-state index contributed by atoms with van der Waals surface area (Å²) in [5, 5.41) is 43.0. The molecule has 5 rings (SSSR count). The van der Waals surface area contributed by atoms with Crippen molar-refractivity contribution in [2.45, 2.75) is 44.6 Å². The first-order valence-corrected chi connectivity index (χ1v) is 21.7. The van der Waals surface area contributed by atoms with Crippen LogP contribution < -0.4 is 0 Å². The quantitative estimate of drug-likeness (QED) is 0.0775. The molecule has 0 aliphatic carbocycles. The van der Waals surface area contributed by atoms with Gasteiger partial charge in [0.1, 0.15) is 35.2 Å². The maximum Gasteiger partial charge on any atom is 0.342 e. The van der Waals surface area contributed by atoms with Crippen molar-refractivity contribution in [3.63, 3.8) is 0 Å². The fourth-order valence-corrected chi connectivity index (χ4v) is 11.1. The van der Waals surface area contributed by atoms with Crippen molar-refractivity contribution in [3.05, 3.63) is 139 Å². The Morgan fingerprint density at radius 1 is 0.580 bits per heavy atom. The second kappa shape index (κ2) is 17.5. The lowest BCUT2D eigenvalue weighted by atomic mass is 9.67. The largest absolute Gasteiger partial charge is 0.507 e. The summed E-state index contributed by atoms with van der Waals surface area (Å²) in [6, 6.07) is 25.2. The molecule has 0 amide bonds. The third kappa shape index (κ3) is 9.26. The molecule has 0 saturated heterocycles. The topological polar surface area (TPSA) is 107 Å². The molecule has 0 aromatic heterocycles. The minimum atomic E-state index is -0.613. The Bertz CT molecular complexity index is 1940. The van der Waals surface area contributed by atoms with E-state index in [1.165, 1.54) is 0 Å². The van der Waals surface area contributed by atoms with E-state index in [0.717, 1.165) is 51.2 Å². The van der Waals surface area contributed by atoms with Crippen molar-refractivity contribution >= 4 is 142 Å². The molecule has 50 heavy (non-hydrogen) atoms. The zero-order valence-corrected chi connectivity index (χ0v) is 39.4. The summed E-state index contributed by atoms with van der Waals surface area (Å²) in [5.41, 5.74) is 5.10. The average molecular weight is 1340 g/mol. The number of phenols is 4. The highest BCUT2D eigenvalue weighted by Crippen LogP contribution is 2.46. The maximum absolute atomic E-state index is 13.3. The van der Waals surface area contributed by atoms with Crippen LogP contribution in [0.4, 0.5) is 0 Å². The van der Waals surface area contributed by atoms with E-state index in [-0.39, 0.29) is 35.2 Å². The van der Waals surface area contributed by atoms with Crippen molar-refractivity contribution < 1.29 is 30.0 Å². The number of aryl methyl sites for hydroxylation is 3. The number of aromatic hydroxyl groups is 4. The van der Waals surface area contributed by atoms with Gasteiger partial charge in [0.25, 0.3) is 0 Å². The zero-order chi connectivity index (χ0) is 36.3. The monoisotopic (exact) mass is 1340 g/mol. The molecule has 0 aliphatic heterocycles. The smallest absolute Gasteiger partial charge is 0.342 e. The van der Waals surface area contributed by atoms with E-state index >= 15 is 0 Å². The molecule has 0 fully saturated rings. The van der Waals surface area contributed by atoms with Gasteiger partial charge in [-0.05, 0) is 244 Å². The van der Waals surface area contributed by atoms with Crippen LogP contribution in [-0.4, -0.2) is 26.4 Å². The van der Waals surface area contributed by atoms with Gasteiger partial charge in [0.05, 0.1) is 21.4 Å². The van der Waals surface area contributed by atoms with Gasteiger partial charge in [-0.15, -0.1) is 0 Å². The summed E-state index contributed by atoms with van der Waals surface area (Å²) in [5.74, 6) is 0.0386. The van der Waals surface area contributed by atoms with Crippen molar-refractivity contribution in [3.8, 4) is 23.0 Å². The molecule has 1 atom stereocenters. The van der Waals surface area contributed by atoms with E-state index in [2.05, 4.69) is 136 Å². The van der Waals surface area contributed by atoms with Gasteiger partial charge < -0.3 is 25.2 Å². The van der Waals surface area contributed by atoms with Gasteiger partial charge in [-0.2, -0.15) is 0 Å². The standard InChI is InChI=1S/C38H30I6O6/c1-20-11-24(16-30(42)33(20)45)38(25-17-31(43)36(48)32(44)18-25,10-8-23-14-28(40)35(47)29(41)15-23)9-7-22-12-26(34(46)27(39)13-22)37(49)50-19-21-5-3-2-4-6-21/h2-6,11-18,45-48H,7-10,19H2,1H3. The van der Waals surface area contributed by atoms with Gasteiger partial charge in [0, 0.05) is 5.41 Å². The Morgan fingerprint density at radius 3 is 1.54 bits per heavy atom. The number of benzene rings is 5. The number of carbonyl (C=O) groups is 1. The summed E-state index contributed by atoms with van der Waals surface area (Å²) >= 11 is 12.9. The third-order valence-electron chi connectivity index (χ3n) is 8.69. The molecule has 0 aliphatic rings. The van der Waals surface area contributed by atoms with E-state index in [9.17, 15) is 25.2 Å². The molecule has 0 spiro atoms. The molecule has 1 unspecified atom stereocenters. The summed E-state index contributed by atoms with van der Waals surface area (Å²) in [6.45, 7) is 1.99. The van der Waals surface area contributed by atoms with Crippen LogP contribution in [0.15, 0.2) is 78.9 Å². The van der Waals surface area contributed by atoms with Crippen molar-refractivity contribution in [2.75, 3.05) is 0 Å². The van der Waals surface area contributed by atoms with Crippen LogP contribution in [0.25, 0.3) is 0 Å². The summed E-state index contributed by atoms with van der Waals surface area (Å²) in [6.07, 6.45) is 2.50. The van der Waals surface area contributed by atoms with Crippen LogP contribution in [0, 0.1) is 28.3 Å². The lowest BCUT2D eigenvalue weighted by Gasteiger charge is -2.37. The lowest BCUT2D eigenvalue weighted by molar-refractivity contribution is 0.0469. The van der Waals surface area contributed by atoms with Crippen molar-refractivity contribution in [1.29, 1.82) is 0 Å². The SMILES string of the molecule is Cc1cc(C(CCc2cc(I)c(O)c(I)c2)(CCc2cc(I)c(O)c(C(=O)OCc3ccccc3)c2)c2cc(I)c(O)c(I)c2)cc(I)c1O. The number of halogens is 6. The molecule has 0 radical (unpaired) electrons. The van der Waals surface area contributed by atoms with Crippen LogP contribution >= 0.6 is 136 Å². The van der Waals surface area contributed by atoms with Gasteiger partial charge in [0.15, 0.2) is 0 Å². The highest BCUT2D eigenvalue weighted by atomic mass is 127. The molecule has 260 valence electrons. The second-order valence-electron chi connectivity index (χ2n) is 11.9. The number of carbonyl (C=O) groups excluding carboxylic acids is 1. The average Bonchev–Trinajstić information content (AvgIpc) is 3.09. The van der Waals surface area contributed by atoms with Crippen LogP contribution in [0.2, 0.25) is 0 Å². The maximum atomic E-state index is 13.3. The molecule has 12 heteroatoms. The molecule has 4 N–H and O–H groups in total.